The Hall–Kier alpha value is -3.73. The monoisotopic (exact) mass is 497 g/mol. The number of anilines is 1. The smallest absolute Gasteiger partial charge is 0.274 e. The van der Waals surface area contributed by atoms with Crippen LogP contribution in [-0.2, 0) is 0 Å². The van der Waals surface area contributed by atoms with Crippen molar-refractivity contribution in [3.63, 3.8) is 0 Å². The summed E-state index contributed by atoms with van der Waals surface area (Å²) in [5.74, 6) is -0.909. The zero-order chi connectivity index (χ0) is 22.5. The number of carbonyl (C=O) groups excluding carboxylic acids is 2. The number of aromatic nitrogens is 3. The fourth-order valence-corrected chi connectivity index (χ4v) is 3.36. The third-order valence-electron chi connectivity index (χ3n) is 4.11. The van der Waals surface area contributed by atoms with Crippen molar-refractivity contribution >= 4 is 50.7 Å². The highest BCUT2D eigenvalue weighted by molar-refractivity contribution is 9.10. The Morgan fingerprint density at radius 3 is 2.81 bits per heavy atom. The molecule has 0 atom stereocenters. The molecule has 0 saturated carbocycles. The minimum Gasteiger partial charge on any atom is -0.339 e. The van der Waals surface area contributed by atoms with Gasteiger partial charge in [0.25, 0.3) is 11.8 Å². The van der Waals surface area contributed by atoms with Gasteiger partial charge in [-0.2, -0.15) is 10.4 Å². The van der Waals surface area contributed by atoms with Crippen molar-refractivity contribution < 1.29 is 9.59 Å². The van der Waals surface area contributed by atoms with Crippen LogP contribution in [0.3, 0.4) is 0 Å². The summed E-state index contributed by atoms with van der Waals surface area (Å²) in [7, 11) is 0. The molecule has 0 bridgehead atoms. The van der Waals surface area contributed by atoms with Crippen molar-refractivity contribution in [1.82, 2.24) is 20.1 Å². The lowest BCUT2D eigenvalue weighted by atomic mass is 10.1. The lowest BCUT2D eigenvalue weighted by Gasteiger charge is -2.15. The fourth-order valence-electron chi connectivity index (χ4n) is 2.78. The number of aryl methyl sites for hydroxylation is 1. The molecule has 3 aromatic rings. The molecule has 0 fully saturated rings. The van der Waals surface area contributed by atoms with Crippen LogP contribution in [0.25, 0.3) is 10.7 Å². The standard InChI is InChI=1S/C20H13BrClN7O2/c1-11-8-12(24-2)9-13(19(30)26-7-5-23)17(11)27-20(31)15-10-16(21)28-29(15)18-14(22)4-3-6-25-18/h3-4,6,8-10H,7H2,1H3,(H,26,30)(H,27,31). The first-order valence-corrected chi connectivity index (χ1v) is 9.88. The van der Waals surface area contributed by atoms with Gasteiger partial charge in [0.2, 0.25) is 0 Å². The first-order chi connectivity index (χ1) is 14.8. The van der Waals surface area contributed by atoms with E-state index in [0.717, 1.165) is 0 Å². The summed E-state index contributed by atoms with van der Waals surface area (Å²) in [4.78, 5) is 33.2. The van der Waals surface area contributed by atoms with Crippen molar-refractivity contribution in [2.45, 2.75) is 6.92 Å². The largest absolute Gasteiger partial charge is 0.339 e. The van der Waals surface area contributed by atoms with Crippen LogP contribution in [0.15, 0.2) is 41.1 Å². The molecular weight excluding hydrogens is 486 g/mol. The summed E-state index contributed by atoms with van der Waals surface area (Å²) in [6.07, 6.45) is 1.52. The number of hydrogen-bond donors (Lipinski definition) is 2. The van der Waals surface area contributed by atoms with Gasteiger partial charge in [-0.3, -0.25) is 9.59 Å². The van der Waals surface area contributed by atoms with Crippen LogP contribution >= 0.6 is 27.5 Å². The van der Waals surface area contributed by atoms with Crippen molar-refractivity contribution in [1.29, 1.82) is 5.26 Å². The first-order valence-electron chi connectivity index (χ1n) is 8.70. The molecule has 2 heterocycles. The number of carbonyl (C=O) groups is 2. The molecule has 11 heteroatoms. The molecule has 2 aromatic heterocycles. The zero-order valence-corrected chi connectivity index (χ0v) is 18.3. The third-order valence-corrected chi connectivity index (χ3v) is 4.79. The highest BCUT2D eigenvalue weighted by atomic mass is 79.9. The number of amides is 2. The Bertz CT molecular complexity index is 1270. The fraction of sp³-hybridized carbons (Fsp3) is 0.100. The number of rotatable bonds is 5. The summed E-state index contributed by atoms with van der Waals surface area (Å²) in [5, 5.41) is 18.4. The molecule has 2 amide bonds. The predicted octanol–water partition coefficient (Wildman–Crippen LogP) is 4.05. The molecule has 0 aliphatic rings. The van der Waals surface area contributed by atoms with Gasteiger partial charge in [-0.1, -0.05) is 17.7 Å². The van der Waals surface area contributed by atoms with Gasteiger partial charge in [0.1, 0.15) is 16.8 Å². The van der Waals surface area contributed by atoms with E-state index < -0.39 is 11.8 Å². The molecule has 154 valence electrons. The molecule has 0 saturated heterocycles. The van der Waals surface area contributed by atoms with E-state index in [9.17, 15) is 9.59 Å². The minimum absolute atomic E-state index is 0.0654. The van der Waals surface area contributed by atoms with Gasteiger partial charge in [-0.05, 0) is 46.6 Å². The molecule has 31 heavy (non-hydrogen) atoms. The van der Waals surface area contributed by atoms with Crippen LogP contribution in [0, 0.1) is 24.8 Å². The molecule has 0 aliphatic heterocycles. The van der Waals surface area contributed by atoms with Crippen molar-refractivity contribution in [3.8, 4) is 11.9 Å². The van der Waals surface area contributed by atoms with Gasteiger partial charge in [-0.25, -0.2) is 14.5 Å². The molecular formula is C20H13BrClN7O2. The van der Waals surface area contributed by atoms with Crippen LogP contribution in [0.4, 0.5) is 11.4 Å². The second-order valence-electron chi connectivity index (χ2n) is 6.16. The summed E-state index contributed by atoms with van der Waals surface area (Å²) in [6, 6.07) is 9.47. The number of halogens is 2. The van der Waals surface area contributed by atoms with Crippen LogP contribution < -0.4 is 10.6 Å². The molecule has 9 nitrogen and oxygen atoms in total. The average molecular weight is 499 g/mol. The van der Waals surface area contributed by atoms with E-state index in [2.05, 4.69) is 41.5 Å². The van der Waals surface area contributed by atoms with Gasteiger partial charge in [0, 0.05) is 12.3 Å². The molecule has 0 spiro atoms. The van der Waals surface area contributed by atoms with E-state index in [0.29, 0.717) is 15.2 Å². The van der Waals surface area contributed by atoms with Crippen molar-refractivity contribution in [3.05, 3.63) is 74.4 Å². The van der Waals surface area contributed by atoms with E-state index in [1.807, 2.05) is 6.07 Å². The van der Waals surface area contributed by atoms with Crippen molar-refractivity contribution in [2.75, 3.05) is 11.9 Å². The van der Waals surface area contributed by atoms with Crippen LogP contribution in [-0.4, -0.2) is 33.1 Å². The van der Waals surface area contributed by atoms with Gasteiger partial charge < -0.3 is 10.6 Å². The molecule has 3 rings (SSSR count). The minimum atomic E-state index is -0.590. The summed E-state index contributed by atoms with van der Waals surface area (Å²) in [6.45, 7) is 8.67. The number of benzene rings is 1. The number of hydrogen-bond acceptors (Lipinski definition) is 5. The topological polar surface area (TPSA) is 117 Å². The molecule has 0 radical (unpaired) electrons. The molecule has 0 unspecified atom stereocenters. The van der Waals surface area contributed by atoms with Crippen molar-refractivity contribution in [2.24, 2.45) is 0 Å². The van der Waals surface area contributed by atoms with E-state index in [-0.39, 0.29) is 35.0 Å². The summed E-state index contributed by atoms with van der Waals surface area (Å²) in [5.41, 5.74) is 1.12. The zero-order valence-electron chi connectivity index (χ0n) is 16.0. The van der Waals surface area contributed by atoms with Crippen LogP contribution in [0.2, 0.25) is 5.02 Å². The van der Waals surface area contributed by atoms with Gasteiger partial charge in [0.05, 0.1) is 28.9 Å². The van der Waals surface area contributed by atoms with E-state index in [1.165, 1.54) is 23.0 Å². The Balaban J connectivity index is 2.04. The Labute approximate surface area is 190 Å². The number of nitrogens with zero attached hydrogens (tertiary/aromatic N) is 5. The maximum absolute atomic E-state index is 13.1. The van der Waals surface area contributed by atoms with E-state index in [4.69, 9.17) is 23.4 Å². The molecule has 2 N–H and O–H groups in total. The lowest BCUT2D eigenvalue weighted by molar-refractivity contribution is 0.0959. The number of nitrogens with one attached hydrogen (secondary N) is 2. The van der Waals surface area contributed by atoms with E-state index in [1.54, 1.807) is 25.1 Å². The Morgan fingerprint density at radius 1 is 1.35 bits per heavy atom. The first kappa shape index (κ1) is 22.0. The summed E-state index contributed by atoms with van der Waals surface area (Å²) >= 11 is 9.45. The number of nitriles is 1. The normalized spacial score (nSPS) is 10.1. The van der Waals surface area contributed by atoms with Gasteiger partial charge >= 0.3 is 0 Å². The predicted molar refractivity (Wildman–Crippen MR) is 117 cm³/mol. The maximum Gasteiger partial charge on any atom is 0.274 e. The highest BCUT2D eigenvalue weighted by Gasteiger charge is 2.22. The van der Waals surface area contributed by atoms with E-state index >= 15 is 0 Å². The average Bonchev–Trinajstić information content (AvgIpc) is 3.14. The molecule has 0 aliphatic carbocycles. The van der Waals surface area contributed by atoms with Crippen LogP contribution in [0.1, 0.15) is 26.4 Å². The highest BCUT2D eigenvalue weighted by Crippen LogP contribution is 2.29. The SMILES string of the molecule is [C-]#[N+]c1cc(C)c(NC(=O)c2cc(Br)nn2-c2ncccc2Cl)c(C(=O)NCC#N)c1. The maximum atomic E-state index is 13.1. The van der Waals surface area contributed by atoms with Crippen LogP contribution in [0.5, 0.6) is 0 Å². The molecule has 1 aromatic carbocycles. The Kier molecular flexibility index (Phi) is 6.65. The van der Waals surface area contributed by atoms with Gasteiger partial charge in [-0.15, -0.1) is 0 Å². The Morgan fingerprint density at radius 2 is 2.13 bits per heavy atom. The second-order valence-corrected chi connectivity index (χ2v) is 7.38. The summed E-state index contributed by atoms with van der Waals surface area (Å²) < 4.78 is 1.66. The van der Waals surface area contributed by atoms with Gasteiger partial charge in [0.15, 0.2) is 11.5 Å². The quantitative estimate of drug-likeness (QED) is 0.406. The third kappa shape index (κ3) is 4.72. The number of pyridine rings is 1. The second kappa shape index (κ2) is 9.39. The lowest BCUT2D eigenvalue weighted by Crippen LogP contribution is -2.26.